The van der Waals surface area contributed by atoms with Gasteiger partial charge in [0.2, 0.25) is 0 Å². The fourth-order valence-electron chi connectivity index (χ4n) is 11.5. The Morgan fingerprint density at radius 3 is 1.34 bits per heavy atom. The molecule has 0 N–H and O–H groups in total. The molecule has 0 bridgehead atoms. The number of halogens is 2. The second-order valence-corrected chi connectivity index (χ2v) is 19.9. The van der Waals surface area contributed by atoms with Crippen molar-refractivity contribution in [2.24, 2.45) is 0 Å². The molecule has 12 rings (SSSR count). The van der Waals surface area contributed by atoms with E-state index < -0.39 is 0 Å². The van der Waals surface area contributed by atoms with Crippen LogP contribution < -0.4 is 0 Å². The molecule has 8 aromatic carbocycles. The average Bonchev–Trinajstić information content (AvgIpc) is 3.69. The quantitative estimate of drug-likeness (QED) is 0.144. The van der Waals surface area contributed by atoms with Gasteiger partial charge in [0.05, 0.1) is 0 Å². The van der Waals surface area contributed by atoms with Crippen molar-refractivity contribution < 1.29 is 0 Å². The van der Waals surface area contributed by atoms with Gasteiger partial charge in [-0.3, -0.25) is 0 Å². The molecule has 0 fully saturated rings. The van der Waals surface area contributed by atoms with E-state index in [2.05, 4.69) is 177 Å². The maximum absolute atomic E-state index is 6.73. The Labute approximate surface area is 352 Å². The Morgan fingerprint density at radius 1 is 0.310 bits per heavy atom. The molecule has 0 saturated carbocycles. The van der Waals surface area contributed by atoms with E-state index in [1.165, 1.54) is 111 Å². The van der Waals surface area contributed by atoms with Crippen LogP contribution in [-0.4, -0.2) is 0 Å². The molecule has 0 radical (unpaired) electrons. The lowest BCUT2D eigenvalue weighted by atomic mass is 9.67. The van der Waals surface area contributed by atoms with Crippen LogP contribution in [0, 0.1) is 0 Å². The molecule has 0 aliphatic heterocycles. The molecule has 284 valence electrons. The summed E-state index contributed by atoms with van der Waals surface area (Å²) in [6.07, 6.45) is 0. The van der Waals surface area contributed by atoms with Gasteiger partial charge in [0.1, 0.15) is 0 Å². The number of fused-ring (bicyclic) bond motifs is 13. The van der Waals surface area contributed by atoms with E-state index in [1.54, 1.807) is 0 Å². The van der Waals surface area contributed by atoms with Crippen LogP contribution >= 0.6 is 23.2 Å². The molecule has 0 unspecified atom stereocenters. The van der Waals surface area contributed by atoms with E-state index >= 15 is 0 Å². The molecule has 0 saturated heterocycles. The number of hydrogen-bond donors (Lipinski definition) is 0. The lowest BCUT2D eigenvalue weighted by Gasteiger charge is -2.36. The molecule has 0 heterocycles. The first-order valence-corrected chi connectivity index (χ1v) is 21.4. The SMILES string of the molecule is CC1(C)c2cc3c(cc2-c2c(Cl)cccc21)-c1c(ccc2ccccc12)C3(C)C.CC1(C)c2cc3c(cc2-c2c(Cl)cccc21)-c1cccc2cccc(c12)C3(C)C. The molecule has 8 aromatic rings. The highest BCUT2D eigenvalue weighted by Crippen LogP contribution is 2.59. The summed E-state index contributed by atoms with van der Waals surface area (Å²) >= 11 is 13.5. The molecule has 0 spiro atoms. The highest BCUT2D eigenvalue weighted by molar-refractivity contribution is 6.34. The van der Waals surface area contributed by atoms with Crippen LogP contribution in [0.15, 0.2) is 133 Å². The first-order valence-electron chi connectivity index (χ1n) is 20.7. The van der Waals surface area contributed by atoms with Gasteiger partial charge in [-0.25, -0.2) is 0 Å². The van der Waals surface area contributed by atoms with Gasteiger partial charge in [0, 0.05) is 42.8 Å². The Bertz CT molecular complexity index is 3080. The van der Waals surface area contributed by atoms with Crippen molar-refractivity contribution in [3.63, 3.8) is 0 Å². The van der Waals surface area contributed by atoms with Crippen LogP contribution in [0.4, 0.5) is 0 Å². The second-order valence-electron chi connectivity index (χ2n) is 19.1. The first-order chi connectivity index (χ1) is 27.6. The molecule has 0 aromatic heterocycles. The van der Waals surface area contributed by atoms with Crippen LogP contribution in [0.1, 0.15) is 99.9 Å². The lowest BCUT2D eigenvalue weighted by molar-refractivity contribution is 0.629. The summed E-state index contributed by atoms with van der Waals surface area (Å²) in [5, 5.41) is 7.05. The Morgan fingerprint density at radius 2 is 0.741 bits per heavy atom. The van der Waals surface area contributed by atoms with Gasteiger partial charge in [-0.15, -0.1) is 0 Å². The number of hydrogen-bond acceptors (Lipinski definition) is 0. The maximum atomic E-state index is 6.73. The lowest BCUT2D eigenvalue weighted by Crippen LogP contribution is -2.25. The summed E-state index contributed by atoms with van der Waals surface area (Å²) in [6, 6.07) is 49.2. The first kappa shape index (κ1) is 36.0. The van der Waals surface area contributed by atoms with E-state index in [4.69, 9.17) is 23.2 Å². The molecule has 0 nitrogen and oxygen atoms in total. The van der Waals surface area contributed by atoms with Crippen molar-refractivity contribution in [3.8, 4) is 44.5 Å². The van der Waals surface area contributed by atoms with Gasteiger partial charge in [-0.1, -0.05) is 188 Å². The fraction of sp³-hybridized carbons (Fsp3) is 0.214. The summed E-state index contributed by atoms with van der Waals surface area (Å²) in [7, 11) is 0. The zero-order chi connectivity index (χ0) is 40.3. The van der Waals surface area contributed by atoms with Gasteiger partial charge in [0.25, 0.3) is 0 Å². The van der Waals surface area contributed by atoms with Crippen molar-refractivity contribution in [3.05, 3.63) is 188 Å². The van der Waals surface area contributed by atoms with Gasteiger partial charge in [-0.2, -0.15) is 0 Å². The maximum Gasteiger partial charge on any atom is 0.0487 e. The summed E-state index contributed by atoms with van der Waals surface area (Å²) in [5.41, 5.74) is 21.4. The monoisotopic (exact) mass is 788 g/mol. The van der Waals surface area contributed by atoms with Crippen LogP contribution in [0.3, 0.4) is 0 Å². The second kappa shape index (κ2) is 11.7. The molecule has 0 atom stereocenters. The fourth-order valence-corrected chi connectivity index (χ4v) is 12.1. The van der Waals surface area contributed by atoms with Crippen molar-refractivity contribution in [2.45, 2.75) is 77.0 Å². The van der Waals surface area contributed by atoms with Crippen LogP contribution in [0.25, 0.3) is 66.1 Å². The van der Waals surface area contributed by atoms with E-state index in [0.29, 0.717) is 0 Å². The standard InChI is InChI=1S/2C28H23Cl/c1-27(2)20-11-6-9-16-8-5-10-17(25(16)20)18-14-19-23(15-22(18)27)28(3,4)21-12-7-13-24(29)26(19)21;1-27(2)20-10-7-11-24(29)26(20)19-14-18-22(15-23(19)27)28(3,4)21-13-12-16-8-5-6-9-17(16)25(18)21/h2*5-15H,1-4H3. The summed E-state index contributed by atoms with van der Waals surface area (Å²) in [4.78, 5) is 0. The summed E-state index contributed by atoms with van der Waals surface area (Å²) in [6.45, 7) is 18.8. The Kier molecular flexibility index (Phi) is 7.29. The summed E-state index contributed by atoms with van der Waals surface area (Å²) in [5.74, 6) is 0. The van der Waals surface area contributed by atoms with Gasteiger partial charge in [-0.05, 0) is 124 Å². The van der Waals surface area contributed by atoms with Crippen molar-refractivity contribution >= 4 is 44.7 Å². The highest BCUT2D eigenvalue weighted by atomic mass is 35.5. The van der Waals surface area contributed by atoms with Crippen LogP contribution in [0.2, 0.25) is 10.0 Å². The minimum atomic E-state index is -0.0519. The third-order valence-corrected chi connectivity index (χ3v) is 15.3. The smallest absolute Gasteiger partial charge is 0.0487 e. The van der Waals surface area contributed by atoms with Gasteiger partial charge in [0.15, 0.2) is 0 Å². The Balaban J connectivity index is 0.000000133. The van der Waals surface area contributed by atoms with Crippen molar-refractivity contribution in [1.29, 1.82) is 0 Å². The topological polar surface area (TPSA) is 0 Å². The number of benzene rings is 8. The minimum absolute atomic E-state index is 0.0155. The molecule has 58 heavy (non-hydrogen) atoms. The minimum Gasteiger partial charge on any atom is -0.0837 e. The van der Waals surface area contributed by atoms with E-state index in [1.807, 2.05) is 12.1 Å². The van der Waals surface area contributed by atoms with E-state index in [9.17, 15) is 0 Å². The molecular weight excluding hydrogens is 744 g/mol. The zero-order valence-corrected chi connectivity index (χ0v) is 36.0. The van der Waals surface area contributed by atoms with Crippen molar-refractivity contribution in [2.75, 3.05) is 0 Å². The van der Waals surface area contributed by atoms with Gasteiger partial charge >= 0.3 is 0 Å². The molecule has 4 aliphatic rings. The normalized spacial score (nSPS) is 17.0. The highest BCUT2D eigenvalue weighted by Gasteiger charge is 2.44. The third kappa shape index (κ3) is 4.54. The van der Waals surface area contributed by atoms with E-state index in [0.717, 1.165) is 10.0 Å². The van der Waals surface area contributed by atoms with Gasteiger partial charge < -0.3 is 0 Å². The summed E-state index contributed by atoms with van der Waals surface area (Å²) < 4.78 is 0. The Hall–Kier alpha value is -5.14. The molecule has 2 heteroatoms. The molecule has 4 aliphatic carbocycles. The molecule has 0 amide bonds. The largest absolute Gasteiger partial charge is 0.0837 e. The molecular formula is C56H46Cl2. The van der Waals surface area contributed by atoms with E-state index in [-0.39, 0.29) is 21.7 Å². The zero-order valence-electron chi connectivity index (χ0n) is 34.5. The van der Waals surface area contributed by atoms with Crippen LogP contribution in [0.5, 0.6) is 0 Å². The predicted octanol–water partition coefficient (Wildman–Crippen LogP) is 16.2. The predicted molar refractivity (Wildman–Crippen MR) is 248 cm³/mol. The average molecular weight is 790 g/mol. The number of rotatable bonds is 0. The third-order valence-electron chi connectivity index (χ3n) is 14.7. The van der Waals surface area contributed by atoms with Crippen LogP contribution in [-0.2, 0) is 21.7 Å². The van der Waals surface area contributed by atoms with Crippen molar-refractivity contribution in [1.82, 2.24) is 0 Å².